The number of hydrogen-bond donors (Lipinski definition) is 1. The number of fused-ring (bicyclic) bond motifs is 1. The van der Waals surface area contributed by atoms with Crippen molar-refractivity contribution >= 4 is 44.9 Å². The summed E-state index contributed by atoms with van der Waals surface area (Å²) in [6.45, 7) is 3.94. The summed E-state index contributed by atoms with van der Waals surface area (Å²) >= 11 is 1.34. The highest BCUT2D eigenvalue weighted by atomic mass is 32.2. The van der Waals surface area contributed by atoms with Crippen molar-refractivity contribution in [2.45, 2.75) is 13.8 Å². The summed E-state index contributed by atoms with van der Waals surface area (Å²) in [4.78, 5) is 18.8. The van der Waals surface area contributed by atoms with Crippen LogP contribution in [0.2, 0.25) is 0 Å². The molecule has 1 amide bonds. The van der Waals surface area contributed by atoms with Crippen molar-refractivity contribution in [3.63, 3.8) is 0 Å². The smallest absolute Gasteiger partial charge is 0.306 e. The Hall–Kier alpha value is -2.59. The van der Waals surface area contributed by atoms with Gasteiger partial charge in [0.25, 0.3) is 5.91 Å². The topological polar surface area (TPSA) is 109 Å². The van der Waals surface area contributed by atoms with E-state index in [1.54, 1.807) is 30.2 Å². The first kappa shape index (κ1) is 19.2. The Morgan fingerprint density at radius 1 is 1.33 bits per heavy atom. The van der Waals surface area contributed by atoms with Crippen LogP contribution in [0.15, 0.2) is 39.9 Å². The Morgan fingerprint density at radius 2 is 2.07 bits per heavy atom. The Bertz CT molecular complexity index is 1030. The third kappa shape index (κ3) is 4.22. The fourth-order valence-corrected chi connectivity index (χ4v) is 3.76. The number of hydrogen-bond acceptors (Lipinski definition) is 7. The number of amides is 1. The van der Waals surface area contributed by atoms with E-state index in [9.17, 15) is 13.2 Å². The molecular weight excluding hydrogens is 390 g/mol. The van der Waals surface area contributed by atoms with Gasteiger partial charge in [-0.2, -0.15) is 13.4 Å². The quantitative estimate of drug-likeness (QED) is 0.590. The Morgan fingerprint density at radius 3 is 2.74 bits per heavy atom. The molecule has 2 aliphatic heterocycles. The summed E-state index contributed by atoms with van der Waals surface area (Å²) in [6, 6.07) is 4.58. The van der Waals surface area contributed by atoms with Gasteiger partial charge in [0, 0.05) is 11.1 Å². The van der Waals surface area contributed by atoms with Gasteiger partial charge in [-0.15, -0.1) is 0 Å². The van der Waals surface area contributed by atoms with Gasteiger partial charge in [-0.1, -0.05) is 17.8 Å². The largest absolute Gasteiger partial charge is 0.490 e. The molecule has 1 N–H and O–H groups in total. The van der Waals surface area contributed by atoms with Gasteiger partial charge >= 0.3 is 10.1 Å². The fraction of sp³-hybridized carbons (Fsp3) is 0.235. The van der Waals surface area contributed by atoms with Crippen LogP contribution in [0.5, 0.6) is 11.5 Å². The molecule has 2 heterocycles. The highest BCUT2D eigenvalue weighted by Crippen LogP contribution is 2.34. The first-order chi connectivity index (χ1) is 12.7. The third-order valence-corrected chi connectivity index (χ3v) is 4.89. The molecule has 1 aromatic rings. The summed E-state index contributed by atoms with van der Waals surface area (Å²) in [5.74, 6) is -0.190. The number of nitrogens with one attached hydrogen (secondary N) is 1. The number of carbonyl (C=O) groups excluding carboxylic acids is 1. The van der Waals surface area contributed by atoms with Crippen molar-refractivity contribution in [3.8, 4) is 11.5 Å². The van der Waals surface area contributed by atoms with E-state index in [-0.39, 0.29) is 22.9 Å². The van der Waals surface area contributed by atoms with Crippen LogP contribution in [0.3, 0.4) is 0 Å². The number of ether oxygens (including phenoxy) is 1. The number of nitrogens with zero attached hydrogens (tertiary/aromatic N) is 2. The maximum absolute atomic E-state index is 12.3. The summed E-state index contributed by atoms with van der Waals surface area (Å²) in [5.41, 5.74) is 0.683. The molecule has 0 saturated heterocycles. The fourth-order valence-electron chi connectivity index (χ4n) is 2.48. The van der Waals surface area contributed by atoms with Gasteiger partial charge in [-0.3, -0.25) is 15.1 Å². The van der Waals surface area contributed by atoms with Crippen LogP contribution in [0, 0.1) is 5.41 Å². The average molecular weight is 407 g/mol. The Kier molecular flexibility index (Phi) is 5.11. The second-order valence-corrected chi connectivity index (χ2v) is 8.53. The molecule has 0 aliphatic carbocycles. The van der Waals surface area contributed by atoms with Gasteiger partial charge in [0.1, 0.15) is 5.84 Å². The number of thioether (sulfide) groups is 1. The van der Waals surface area contributed by atoms with Crippen LogP contribution >= 0.6 is 11.8 Å². The van der Waals surface area contributed by atoms with Gasteiger partial charge in [-0.05, 0) is 37.6 Å². The summed E-state index contributed by atoms with van der Waals surface area (Å²) in [5, 5.41) is 8.77. The molecule has 27 heavy (non-hydrogen) atoms. The molecule has 0 aromatic heterocycles. The molecule has 0 bridgehead atoms. The van der Waals surface area contributed by atoms with E-state index in [0.29, 0.717) is 17.3 Å². The molecule has 3 rings (SSSR count). The molecule has 10 heteroatoms. The normalized spacial score (nSPS) is 18.3. The number of benzene rings is 1. The zero-order valence-corrected chi connectivity index (χ0v) is 16.5. The average Bonchev–Trinajstić information content (AvgIpc) is 2.93. The van der Waals surface area contributed by atoms with Gasteiger partial charge in [0.2, 0.25) is 0 Å². The van der Waals surface area contributed by atoms with Crippen molar-refractivity contribution in [1.82, 2.24) is 4.90 Å². The SMILES string of the molecule is CCOc1cc(/C=C2/C(=N)N3C=C(C)SC3=NC2=O)ccc1OS(C)(=O)=O. The lowest BCUT2D eigenvalue weighted by Crippen LogP contribution is -2.35. The standard InChI is InChI=1S/C17H17N3O5S2/c1-4-24-14-8-11(5-6-13(14)25-27(3,22)23)7-12-15(18)20-9-10(2)26-17(20)19-16(12)21/h5-9,18H,4H2,1-3H3/b12-7-,18-15?. The van der Waals surface area contributed by atoms with E-state index in [1.165, 1.54) is 23.9 Å². The molecule has 142 valence electrons. The first-order valence-corrected chi connectivity index (χ1v) is 10.6. The summed E-state index contributed by atoms with van der Waals surface area (Å²) in [6.07, 6.45) is 4.21. The maximum atomic E-state index is 12.3. The highest BCUT2D eigenvalue weighted by Gasteiger charge is 2.32. The molecule has 2 aliphatic rings. The van der Waals surface area contributed by atoms with Gasteiger partial charge in [0.15, 0.2) is 16.7 Å². The first-order valence-electron chi connectivity index (χ1n) is 7.93. The van der Waals surface area contributed by atoms with E-state index in [1.807, 2.05) is 6.92 Å². The van der Waals surface area contributed by atoms with Crippen LogP contribution in [0.25, 0.3) is 6.08 Å². The lowest BCUT2D eigenvalue weighted by molar-refractivity contribution is -0.114. The monoisotopic (exact) mass is 407 g/mol. The zero-order chi connectivity index (χ0) is 19.8. The van der Waals surface area contributed by atoms with Gasteiger partial charge in [0.05, 0.1) is 18.4 Å². The number of rotatable bonds is 5. The molecule has 0 atom stereocenters. The van der Waals surface area contributed by atoms with Crippen LogP contribution in [-0.4, -0.2) is 43.1 Å². The number of aliphatic imine (C=N–C) groups is 1. The third-order valence-electron chi connectivity index (χ3n) is 3.51. The molecule has 0 fully saturated rings. The van der Waals surface area contributed by atoms with Crippen molar-refractivity contribution in [3.05, 3.63) is 40.4 Å². The second-order valence-electron chi connectivity index (χ2n) is 5.74. The second kappa shape index (κ2) is 7.20. The Balaban J connectivity index is 1.98. The minimum absolute atomic E-state index is 0.0313. The molecule has 0 spiro atoms. The number of carbonyl (C=O) groups is 1. The minimum Gasteiger partial charge on any atom is -0.490 e. The van der Waals surface area contributed by atoms with Gasteiger partial charge in [-0.25, -0.2) is 0 Å². The van der Waals surface area contributed by atoms with Crippen LogP contribution in [0.1, 0.15) is 19.4 Å². The van der Waals surface area contributed by atoms with Crippen molar-refractivity contribution in [1.29, 1.82) is 5.41 Å². The lowest BCUT2D eigenvalue weighted by Gasteiger charge is -2.22. The lowest BCUT2D eigenvalue weighted by atomic mass is 10.1. The van der Waals surface area contributed by atoms with E-state index < -0.39 is 16.0 Å². The van der Waals surface area contributed by atoms with Crippen molar-refractivity contribution in [2.75, 3.05) is 12.9 Å². The molecule has 0 radical (unpaired) electrons. The molecule has 0 saturated carbocycles. The molecule has 0 unspecified atom stereocenters. The van der Waals surface area contributed by atoms with Gasteiger partial charge < -0.3 is 8.92 Å². The highest BCUT2D eigenvalue weighted by molar-refractivity contribution is 8.17. The summed E-state index contributed by atoms with van der Waals surface area (Å²) < 4.78 is 33.1. The van der Waals surface area contributed by atoms with E-state index in [2.05, 4.69) is 4.99 Å². The molecular formula is C17H17N3O5S2. The number of amidine groups is 2. The van der Waals surface area contributed by atoms with Crippen LogP contribution in [-0.2, 0) is 14.9 Å². The predicted molar refractivity (Wildman–Crippen MR) is 104 cm³/mol. The van der Waals surface area contributed by atoms with E-state index in [4.69, 9.17) is 14.3 Å². The maximum Gasteiger partial charge on any atom is 0.306 e. The molecule has 8 nitrogen and oxygen atoms in total. The Labute approximate surface area is 161 Å². The van der Waals surface area contributed by atoms with E-state index >= 15 is 0 Å². The summed E-state index contributed by atoms with van der Waals surface area (Å²) in [7, 11) is -3.71. The minimum atomic E-state index is -3.71. The predicted octanol–water partition coefficient (Wildman–Crippen LogP) is 2.59. The van der Waals surface area contributed by atoms with Crippen molar-refractivity contribution < 1.29 is 22.1 Å². The van der Waals surface area contributed by atoms with Crippen molar-refractivity contribution in [2.24, 2.45) is 4.99 Å². The van der Waals surface area contributed by atoms with Crippen LogP contribution < -0.4 is 8.92 Å². The van der Waals surface area contributed by atoms with Crippen LogP contribution in [0.4, 0.5) is 0 Å². The van der Waals surface area contributed by atoms with E-state index in [0.717, 1.165) is 11.2 Å². The number of allylic oxidation sites excluding steroid dienone is 1. The molecule has 1 aromatic carbocycles. The zero-order valence-electron chi connectivity index (χ0n) is 14.8.